The first-order chi connectivity index (χ1) is 12.2. The highest BCUT2D eigenvalue weighted by Crippen LogP contribution is 2.09. The number of carbonyl (C=O) groups excluding carboxylic acids is 2. The van der Waals surface area contributed by atoms with E-state index in [1.54, 1.807) is 11.0 Å². The fraction of sp³-hybridized carbons (Fsp3) is 0.722. The highest BCUT2D eigenvalue weighted by Gasteiger charge is 2.19. The summed E-state index contributed by atoms with van der Waals surface area (Å²) in [5, 5.41) is 6.33. The molecule has 25 heavy (non-hydrogen) atoms. The van der Waals surface area contributed by atoms with Gasteiger partial charge in [0.1, 0.15) is 6.26 Å². The van der Waals surface area contributed by atoms with E-state index in [1.165, 1.54) is 19.1 Å². The van der Waals surface area contributed by atoms with E-state index in [1.807, 2.05) is 0 Å². The number of hydrogen-bond donors (Lipinski definition) is 1. The van der Waals surface area contributed by atoms with Crippen molar-refractivity contribution in [2.45, 2.75) is 51.9 Å². The molecule has 2 heterocycles. The van der Waals surface area contributed by atoms with Crippen LogP contribution in [0, 0.1) is 0 Å². The molecule has 1 saturated heterocycles. The van der Waals surface area contributed by atoms with Gasteiger partial charge >= 0.3 is 0 Å². The van der Waals surface area contributed by atoms with Gasteiger partial charge in [0, 0.05) is 25.6 Å². The number of aromatic nitrogens is 1. The van der Waals surface area contributed by atoms with Crippen LogP contribution in [0.5, 0.6) is 0 Å². The molecule has 2 rings (SSSR count). The van der Waals surface area contributed by atoms with E-state index in [0.717, 1.165) is 45.3 Å². The Morgan fingerprint density at radius 3 is 2.76 bits per heavy atom. The molecule has 0 unspecified atom stereocenters. The summed E-state index contributed by atoms with van der Waals surface area (Å²) in [5.74, 6) is 0.197. The second-order valence-electron chi connectivity index (χ2n) is 6.61. The maximum Gasteiger partial charge on any atom is 0.245 e. The van der Waals surface area contributed by atoms with Crippen molar-refractivity contribution in [1.29, 1.82) is 0 Å². The van der Waals surface area contributed by atoms with Gasteiger partial charge in [0.15, 0.2) is 5.82 Å². The number of amides is 2. The molecule has 7 nitrogen and oxygen atoms in total. The molecule has 1 aromatic heterocycles. The topological polar surface area (TPSA) is 78.7 Å². The molecule has 0 bridgehead atoms. The maximum atomic E-state index is 12.5. The van der Waals surface area contributed by atoms with Crippen molar-refractivity contribution in [3.8, 4) is 0 Å². The van der Waals surface area contributed by atoms with Crippen LogP contribution in [-0.4, -0.2) is 59.5 Å². The lowest BCUT2D eigenvalue weighted by molar-refractivity contribution is -0.135. The van der Waals surface area contributed by atoms with Crippen molar-refractivity contribution in [2.75, 3.05) is 38.0 Å². The van der Waals surface area contributed by atoms with E-state index in [0.29, 0.717) is 18.8 Å². The molecule has 0 saturated carbocycles. The zero-order valence-electron chi connectivity index (χ0n) is 15.2. The number of hydrogen-bond acceptors (Lipinski definition) is 5. The fourth-order valence-electron chi connectivity index (χ4n) is 3.05. The van der Waals surface area contributed by atoms with Gasteiger partial charge in [-0.1, -0.05) is 31.3 Å². The second-order valence-corrected chi connectivity index (χ2v) is 6.61. The Morgan fingerprint density at radius 2 is 2.08 bits per heavy atom. The third-order valence-corrected chi connectivity index (χ3v) is 4.52. The molecule has 2 amide bonds. The van der Waals surface area contributed by atoms with Crippen LogP contribution in [0.2, 0.25) is 0 Å². The van der Waals surface area contributed by atoms with Crippen LogP contribution in [-0.2, 0) is 9.59 Å². The lowest BCUT2D eigenvalue weighted by Crippen LogP contribution is -2.42. The van der Waals surface area contributed by atoms with Gasteiger partial charge in [-0.3, -0.25) is 9.59 Å². The van der Waals surface area contributed by atoms with Crippen LogP contribution in [0.25, 0.3) is 0 Å². The zero-order chi connectivity index (χ0) is 17.9. The van der Waals surface area contributed by atoms with Gasteiger partial charge in [-0.2, -0.15) is 0 Å². The first-order valence-electron chi connectivity index (χ1n) is 9.39. The lowest BCUT2D eigenvalue weighted by atomic mass is 10.1. The van der Waals surface area contributed by atoms with Crippen LogP contribution < -0.4 is 5.32 Å². The van der Waals surface area contributed by atoms with Gasteiger partial charge < -0.3 is 19.6 Å². The van der Waals surface area contributed by atoms with E-state index in [-0.39, 0.29) is 18.4 Å². The average Bonchev–Trinajstić information content (AvgIpc) is 3.29. The molecular weight excluding hydrogens is 320 g/mol. The molecule has 1 aliphatic heterocycles. The Morgan fingerprint density at radius 1 is 1.28 bits per heavy atom. The number of rotatable bonds is 11. The van der Waals surface area contributed by atoms with Gasteiger partial charge in [0.2, 0.25) is 11.8 Å². The smallest absolute Gasteiger partial charge is 0.245 e. The first kappa shape index (κ1) is 19.4. The van der Waals surface area contributed by atoms with Crippen molar-refractivity contribution in [2.24, 2.45) is 0 Å². The summed E-state index contributed by atoms with van der Waals surface area (Å²) in [6.07, 6.45) is 8.60. The number of anilines is 1. The summed E-state index contributed by atoms with van der Waals surface area (Å²) in [6, 6.07) is 1.58. The van der Waals surface area contributed by atoms with E-state index in [4.69, 9.17) is 4.52 Å². The minimum absolute atomic E-state index is 0.0607. The van der Waals surface area contributed by atoms with Gasteiger partial charge in [-0.15, -0.1) is 0 Å². The Bertz CT molecular complexity index is 512. The number of unbranched alkanes of at least 4 members (excludes halogenated alkanes) is 3. The summed E-state index contributed by atoms with van der Waals surface area (Å²) in [4.78, 5) is 28.8. The van der Waals surface area contributed by atoms with E-state index in [9.17, 15) is 9.59 Å². The van der Waals surface area contributed by atoms with E-state index < -0.39 is 0 Å². The quantitative estimate of drug-likeness (QED) is 0.620. The van der Waals surface area contributed by atoms with Gasteiger partial charge in [-0.25, -0.2) is 0 Å². The van der Waals surface area contributed by atoms with Crippen LogP contribution >= 0.6 is 0 Å². The molecule has 1 aromatic rings. The standard InChI is InChI=1S/C18H30N4O3/c1-2-3-4-5-8-18(24)22(13-12-21-10-6-7-11-21)15-17(23)19-16-9-14-25-20-16/h9,14H,2-8,10-13,15H2,1H3,(H,19,20,23). The Labute approximate surface area is 149 Å². The molecule has 7 heteroatoms. The highest BCUT2D eigenvalue weighted by atomic mass is 16.5. The fourth-order valence-corrected chi connectivity index (χ4v) is 3.05. The average molecular weight is 350 g/mol. The second kappa shape index (κ2) is 10.9. The Kier molecular flexibility index (Phi) is 8.45. The van der Waals surface area contributed by atoms with Crippen LogP contribution in [0.1, 0.15) is 51.9 Å². The van der Waals surface area contributed by atoms with Crippen molar-refractivity contribution in [3.63, 3.8) is 0 Å². The molecule has 140 valence electrons. The molecular formula is C18H30N4O3. The summed E-state index contributed by atoms with van der Waals surface area (Å²) >= 11 is 0. The van der Waals surface area contributed by atoms with Crippen molar-refractivity contribution in [3.05, 3.63) is 12.3 Å². The summed E-state index contributed by atoms with van der Waals surface area (Å²) in [5.41, 5.74) is 0. The van der Waals surface area contributed by atoms with Gasteiger partial charge in [0.05, 0.1) is 6.54 Å². The molecule has 1 N–H and O–H groups in total. The maximum absolute atomic E-state index is 12.5. The summed E-state index contributed by atoms with van der Waals surface area (Å²) in [6.45, 7) is 5.82. The van der Waals surface area contributed by atoms with E-state index >= 15 is 0 Å². The van der Waals surface area contributed by atoms with Crippen LogP contribution in [0.4, 0.5) is 5.82 Å². The minimum Gasteiger partial charge on any atom is -0.363 e. The summed E-state index contributed by atoms with van der Waals surface area (Å²) < 4.78 is 4.71. The molecule has 1 aliphatic rings. The minimum atomic E-state index is -0.239. The van der Waals surface area contributed by atoms with Crippen LogP contribution in [0.15, 0.2) is 16.9 Å². The Balaban J connectivity index is 1.82. The highest BCUT2D eigenvalue weighted by molar-refractivity contribution is 5.93. The predicted molar refractivity (Wildman–Crippen MR) is 96.1 cm³/mol. The largest absolute Gasteiger partial charge is 0.363 e. The van der Waals surface area contributed by atoms with Crippen molar-refractivity contribution in [1.82, 2.24) is 15.0 Å². The summed E-state index contributed by atoms with van der Waals surface area (Å²) in [7, 11) is 0. The SMILES string of the molecule is CCCCCCC(=O)N(CCN1CCCC1)CC(=O)Nc1ccon1. The zero-order valence-corrected chi connectivity index (χ0v) is 15.2. The predicted octanol–water partition coefficient (Wildman–Crippen LogP) is 2.51. The third kappa shape index (κ3) is 7.25. The van der Waals surface area contributed by atoms with Gasteiger partial charge in [0.25, 0.3) is 0 Å². The monoisotopic (exact) mass is 350 g/mol. The molecule has 0 spiro atoms. The lowest BCUT2D eigenvalue weighted by Gasteiger charge is -2.25. The molecule has 0 aliphatic carbocycles. The van der Waals surface area contributed by atoms with E-state index in [2.05, 4.69) is 22.3 Å². The van der Waals surface area contributed by atoms with Crippen molar-refractivity contribution < 1.29 is 14.1 Å². The number of nitrogens with zero attached hydrogens (tertiary/aromatic N) is 3. The van der Waals surface area contributed by atoms with Crippen molar-refractivity contribution >= 4 is 17.6 Å². The van der Waals surface area contributed by atoms with Crippen LogP contribution in [0.3, 0.4) is 0 Å². The number of nitrogens with one attached hydrogen (secondary N) is 1. The number of carbonyl (C=O) groups is 2. The molecule has 1 fully saturated rings. The molecule has 0 atom stereocenters. The molecule has 0 radical (unpaired) electrons. The van der Waals surface area contributed by atoms with Gasteiger partial charge in [-0.05, 0) is 32.4 Å². The number of likely N-dealkylation sites (tertiary alicyclic amines) is 1. The molecule has 0 aromatic carbocycles. The Hall–Kier alpha value is -1.89. The first-order valence-corrected chi connectivity index (χ1v) is 9.39. The normalized spacial score (nSPS) is 14.6. The third-order valence-electron chi connectivity index (χ3n) is 4.52.